The number of aromatic nitrogens is 3. The number of nitrogens with zero attached hydrogens (tertiary/aromatic N) is 2. The summed E-state index contributed by atoms with van der Waals surface area (Å²) in [5.74, 6) is -0.184. The van der Waals surface area contributed by atoms with E-state index in [0.717, 1.165) is 33.4 Å². The van der Waals surface area contributed by atoms with Crippen LogP contribution in [0.1, 0.15) is 20.8 Å². The maximum absolute atomic E-state index is 12.7. The molecule has 0 spiro atoms. The van der Waals surface area contributed by atoms with Crippen molar-refractivity contribution in [3.63, 3.8) is 0 Å². The number of rotatable bonds is 4. The van der Waals surface area contributed by atoms with Gasteiger partial charge in [0.05, 0.1) is 23.6 Å². The van der Waals surface area contributed by atoms with Crippen molar-refractivity contribution in [2.45, 2.75) is 13.8 Å². The Labute approximate surface area is 154 Å². The summed E-state index contributed by atoms with van der Waals surface area (Å²) in [6.45, 7) is 3.99. The molecule has 2 heterocycles. The lowest BCUT2D eigenvalue weighted by atomic mass is 10.1. The number of aromatic amines is 1. The predicted octanol–water partition coefficient (Wildman–Crippen LogP) is 4.63. The minimum absolute atomic E-state index is 0.184. The molecule has 4 rings (SSSR count). The van der Waals surface area contributed by atoms with Gasteiger partial charge in [0.15, 0.2) is 5.13 Å². The van der Waals surface area contributed by atoms with Gasteiger partial charge < -0.3 is 10.6 Å². The Hall–Kier alpha value is -3.19. The highest BCUT2D eigenvalue weighted by atomic mass is 32.1. The second kappa shape index (κ2) is 6.61. The third-order valence-corrected chi connectivity index (χ3v) is 4.98. The van der Waals surface area contributed by atoms with Gasteiger partial charge in [-0.15, -0.1) is 0 Å². The van der Waals surface area contributed by atoms with Crippen LogP contribution in [0, 0.1) is 13.8 Å². The van der Waals surface area contributed by atoms with Gasteiger partial charge in [-0.1, -0.05) is 29.5 Å². The fourth-order valence-corrected chi connectivity index (χ4v) is 3.48. The number of amides is 1. The van der Waals surface area contributed by atoms with E-state index in [2.05, 4.69) is 25.8 Å². The summed E-state index contributed by atoms with van der Waals surface area (Å²) in [6, 6.07) is 11.9. The third kappa shape index (κ3) is 3.16. The molecule has 130 valence electrons. The number of thiazole rings is 1. The van der Waals surface area contributed by atoms with Crippen molar-refractivity contribution in [3.8, 4) is 0 Å². The number of anilines is 3. The van der Waals surface area contributed by atoms with E-state index in [1.54, 1.807) is 12.4 Å². The summed E-state index contributed by atoms with van der Waals surface area (Å²) in [5.41, 5.74) is 4.74. The molecule has 3 N–H and O–H groups in total. The van der Waals surface area contributed by atoms with Crippen molar-refractivity contribution < 1.29 is 4.79 Å². The van der Waals surface area contributed by atoms with Gasteiger partial charge in [0, 0.05) is 11.1 Å². The van der Waals surface area contributed by atoms with Crippen LogP contribution in [0.5, 0.6) is 0 Å². The normalized spacial score (nSPS) is 10.8. The average molecular weight is 363 g/mol. The monoisotopic (exact) mass is 363 g/mol. The molecule has 0 saturated carbocycles. The van der Waals surface area contributed by atoms with Gasteiger partial charge in [0.2, 0.25) is 0 Å². The molecular formula is C19H17N5OS. The topological polar surface area (TPSA) is 82.7 Å². The predicted molar refractivity (Wildman–Crippen MR) is 105 cm³/mol. The lowest BCUT2D eigenvalue weighted by Crippen LogP contribution is -2.11. The first-order valence-corrected chi connectivity index (χ1v) is 8.95. The first-order valence-electron chi connectivity index (χ1n) is 8.14. The minimum Gasteiger partial charge on any atom is -0.332 e. The molecular weight excluding hydrogens is 346 g/mol. The molecule has 0 radical (unpaired) electrons. The highest BCUT2D eigenvalue weighted by Crippen LogP contribution is 2.28. The average Bonchev–Trinajstić information content (AvgIpc) is 3.27. The molecule has 0 bridgehead atoms. The van der Waals surface area contributed by atoms with Crippen molar-refractivity contribution >= 4 is 44.7 Å². The Balaban J connectivity index is 1.55. The van der Waals surface area contributed by atoms with Crippen LogP contribution in [-0.4, -0.2) is 21.1 Å². The Bertz CT molecular complexity index is 1100. The summed E-state index contributed by atoms with van der Waals surface area (Å²) in [4.78, 5) is 17.5. The van der Waals surface area contributed by atoms with Crippen LogP contribution in [0.15, 0.2) is 48.8 Å². The Morgan fingerprint density at radius 1 is 1.15 bits per heavy atom. The Kier molecular flexibility index (Phi) is 4.14. The summed E-state index contributed by atoms with van der Waals surface area (Å²) < 4.78 is 0. The zero-order chi connectivity index (χ0) is 18.1. The van der Waals surface area contributed by atoms with Crippen LogP contribution in [0.3, 0.4) is 0 Å². The van der Waals surface area contributed by atoms with E-state index in [9.17, 15) is 4.79 Å². The van der Waals surface area contributed by atoms with E-state index >= 15 is 0 Å². The molecule has 2 aromatic carbocycles. The summed E-state index contributed by atoms with van der Waals surface area (Å²) in [6.07, 6.45) is 3.30. The number of hydrogen-bond acceptors (Lipinski definition) is 5. The highest BCUT2D eigenvalue weighted by Gasteiger charge is 2.14. The molecule has 0 aliphatic rings. The number of fused-ring (bicyclic) bond motifs is 1. The van der Waals surface area contributed by atoms with E-state index in [1.807, 2.05) is 50.2 Å². The lowest BCUT2D eigenvalue weighted by Gasteiger charge is -2.08. The van der Waals surface area contributed by atoms with Crippen molar-refractivity contribution in [3.05, 3.63) is 64.8 Å². The van der Waals surface area contributed by atoms with Crippen molar-refractivity contribution in [1.82, 2.24) is 15.2 Å². The van der Waals surface area contributed by atoms with Gasteiger partial charge in [-0.05, 0) is 43.2 Å². The Morgan fingerprint density at radius 3 is 2.88 bits per heavy atom. The fraction of sp³-hybridized carbons (Fsp3) is 0.105. The molecule has 0 aliphatic heterocycles. The van der Waals surface area contributed by atoms with Crippen LogP contribution in [0.25, 0.3) is 10.9 Å². The van der Waals surface area contributed by atoms with E-state index in [-0.39, 0.29) is 5.91 Å². The number of H-pyrrole nitrogens is 1. The van der Waals surface area contributed by atoms with Crippen molar-refractivity contribution in [2.24, 2.45) is 0 Å². The molecule has 2 aromatic heterocycles. The largest absolute Gasteiger partial charge is 0.332 e. The number of benzene rings is 2. The number of carbonyl (C=O) groups excluding carboxylic acids is 1. The zero-order valence-corrected chi connectivity index (χ0v) is 15.1. The maximum atomic E-state index is 12.7. The van der Waals surface area contributed by atoms with Crippen LogP contribution < -0.4 is 10.6 Å². The first kappa shape index (κ1) is 16.3. The number of carbonyl (C=O) groups is 1. The molecule has 0 fully saturated rings. The zero-order valence-electron chi connectivity index (χ0n) is 14.3. The lowest BCUT2D eigenvalue weighted by molar-refractivity contribution is 0.103. The van der Waals surface area contributed by atoms with Crippen LogP contribution in [0.2, 0.25) is 0 Å². The standard InChI is InChI=1S/C19H17N5OS/c1-11-4-3-5-13(8-11)22-19-20-10-16(26-19)18(25)23-17-12(2)6-7-15-14(17)9-21-24-15/h3-10H,1-2H3,(H,20,22)(H,21,24)(H,23,25). The number of aryl methyl sites for hydroxylation is 2. The van der Waals surface area contributed by atoms with Gasteiger partial charge in [-0.25, -0.2) is 4.98 Å². The number of nitrogens with one attached hydrogen (secondary N) is 3. The van der Waals surface area contributed by atoms with E-state index in [0.29, 0.717) is 10.0 Å². The SMILES string of the molecule is Cc1cccc(Nc2ncc(C(=O)Nc3c(C)ccc4[nH]ncc34)s2)c1. The smallest absolute Gasteiger partial charge is 0.267 e. The van der Waals surface area contributed by atoms with E-state index in [1.165, 1.54) is 11.3 Å². The van der Waals surface area contributed by atoms with Crippen LogP contribution in [-0.2, 0) is 0 Å². The molecule has 0 aliphatic carbocycles. The van der Waals surface area contributed by atoms with Gasteiger partial charge in [0.25, 0.3) is 5.91 Å². The van der Waals surface area contributed by atoms with Gasteiger partial charge >= 0.3 is 0 Å². The second-order valence-corrected chi connectivity index (χ2v) is 7.10. The highest BCUT2D eigenvalue weighted by molar-refractivity contribution is 7.17. The molecule has 0 saturated heterocycles. The number of hydrogen-bond donors (Lipinski definition) is 3. The molecule has 4 aromatic rings. The van der Waals surface area contributed by atoms with Gasteiger partial charge in [-0.2, -0.15) is 5.10 Å². The van der Waals surface area contributed by atoms with Crippen LogP contribution >= 0.6 is 11.3 Å². The van der Waals surface area contributed by atoms with Gasteiger partial charge in [0.1, 0.15) is 4.88 Å². The summed E-state index contributed by atoms with van der Waals surface area (Å²) in [5, 5.41) is 14.7. The molecule has 7 heteroatoms. The second-order valence-electron chi connectivity index (χ2n) is 6.07. The third-order valence-electron chi connectivity index (χ3n) is 4.07. The Morgan fingerprint density at radius 2 is 2.04 bits per heavy atom. The molecule has 1 amide bonds. The van der Waals surface area contributed by atoms with E-state index in [4.69, 9.17) is 0 Å². The quantitative estimate of drug-likeness (QED) is 0.493. The molecule has 26 heavy (non-hydrogen) atoms. The minimum atomic E-state index is -0.184. The van der Waals surface area contributed by atoms with Gasteiger partial charge in [-0.3, -0.25) is 9.89 Å². The fourth-order valence-electron chi connectivity index (χ4n) is 2.75. The summed E-state index contributed by atoms with van der Waals surface area (Å²) in [7, 11) is 0. The molecule has 6 nitrogen and oxygen atoms in total. The van der Waals surface area contributed by atoms with Crippen molar-refractivity contribution in [2.75, 3.05) is 10.6 Å². The van der Waals surface area contributed by atoms with Crippen molar-refractivity contribution in [1.29, 1.82) is 0 Å². The van der Waals surface area contributed by atoms with Crippen LogP contribution in [0.4, 0.5) is 16.5 Å². The first-order chi connectivity index (χ1) is 12.6. The molecule has 0 unspecified atom stereocenters. The van der Waals surface area contributed by atoms with E-state index < -0.39 is 0 Å². The maximum Gasteiger partial charge on any atom is 0.267 e. The summed E-state index contributed by atoms with van der Waals surface area (Å²) >= 11 is 1.32. The molecule has 0 atom stereocenters.